The average molecular weight is 340 g/mol. The Morgan fingerprint density at radius 1 is 1.04 bits per heavy atom. The maximum atomic E-state index is 12.3. The Kier molecular flexibility index (Phi) is 5.22. The van der Waals surface area contributed by atoms with E-state index in [1.54, 1.807) is 0 Å². The van der Waals surface area contributed by atoms with Gasteiger partial charge in [0.2, 0.25) is 5.91 Å². The molecule has 1 amide bonds. The van der Waals surface area contributed by atoms with Crippen LogP contribution in [0.1, 0.15) is 44.2 Å². The normalized spacial score (nSPS) is 16.3. The smallest absolute Gasteiger partial charge is 0.329 e. The van der Waals surface area contributed by atoms with E-state index in [-0.39, 0.29) is 12.3 Å². The van der Waals surface area contributed by atoms with Gasteiger partial charge in [0.15, 0.2) is 0 Å². The van der Waals surface area contributed by atoms with Crippen LogP contribution in [0.15, 0.2) is 42.5 Å². The molecule has 1 aromatic carbocycles. The molecule has 132 valence electrons. The predicted octanol–water partition coefficient (Wildman–Crippen LogP) is 3.52. The maximum absolute atomic E-state index is 12.3. The Balaban J connectivity index is 1.57. The summed E-state index contributed by atoms with van der Waals surface area (Å²) in [5, 5.41) is 12.3. The molecule has 0 atom stereocenters. The SMILES string of the molecule is O=C(CCc1ccc(-c2ccccc2)[nH]1)NC1(C(=O)O)CCCCC1. The van der Waals surface area contributed by atoms with Crippen LogP contribution in [-0.4, -0.2) is 27.5 Å². The van der Waals surface area contributed by atoms with Crippen LogP contribution < -0.4 is 5.32 Å². The Morgan fingerprint density at radius 3 is 2.44 bits per heavy atom. The second kappa shape index (κ2) is 7.55. The molecule has 0 saturated heterocycles. The molecule has 0 unspecified atom stereocenters. The van der Waals surface area contributed by atoms with Crippen LogP contribution in [0.4, 0.5) is 0 Å². The highest BCUT2D eigenvalue weighted by Gasteiger charge is 2.40. The van der Waals surface area contributed by atoms with Crippen LogP contribution in [0, 0.1) is 0 Å². The first kappa shape index (κ1) is 17.3. The number of rotatable bonds is 6. The van der Waals surface area contributed by atoms with Gasteiger partial charge in [0.1, 0.15) is 5.54 Å². The second-order valence-electron chi connectivity index (χ2n) is 6.76. The quantitative estimate of drug-likeness (QED) is 0.752. The summed E-state index contributed by atoms with van der Waals surface area (Å²) in [5.41, 5.74) is 2.03. The zero-order chi connectivity index (χ0) is 17.7. The monoisotopic (exact) mass is 340 g/mol. The highest BCUT2D eigenvalue weighted by Crippen LogP contribution is 2.28. The van der Waals surface area contributed by atoms with Crippen molar-refractivity contribution in [2.75, 3.05) is 0 Å². The number of benzene rings is 1. The van der Waals surface area contributed by atoms with E-state index in [0.29, 0.717) is 19.3 Å². The second-order valence-corrected chi connectivity index (χ2v) is 6.76. The Labute approximate surface area is 147 Å². The van der Waals surface area contributed by atoms with E-state index in [1.807, 2.05) is 42.5 Å². The van der Waals surface area contributed by atoms with E-state index in [0.717, 1.165) is 36.2 Å². The lowest BCUT2D eigenvalue weighted by atomic mass is 9.81. The van der Waals surface area contributed by atoms with E-state index >= 15 is 0 Å². The van der Waals surface area contributed by atoms with Crippen LogP contribution in [0.5, 0.6) is 0 Å². The molecule has 5 heteroatoms. The van der Waals surface area contributed by atoms with Crippen molar-refractivity contribution in [3.63, 3.8) is 0 Å². The molecule has 1 aromatic heterocycles. The lowest BCUT2D eigenvalue weighted by molar-refractivity contribution is -0.149. The van der Waals surface area contributed by atoms with E-state index < -0.39 is 11.5 Å². The number of aromatic nitrogens is 1. The van der Waals surface area contributed by atoms with Crippen molar-refractivity contribution in [3.05, 3.63) is 48.2 Å². The molecule has 2 aromatic rings. The molecule has 0 spiro atoms. The molecular formula is C20H24N2O3. The highest BCUT2D eigenvalue weighted by atomic mass is 16.4. The van der Waals surface area contributed by atoms with Gasteiger partial charge < -0.3 is 15.4 Å². The molecule has 0 bridgehead atoms. The van der Waals surface area contributed by atoms with Crippen molar-refractivity contribution in [1.82, 2.24) is 10.3 Å². The van der Waals surface area contributed by atoms with Crippen LogP contribution in [0.3, 0.4) is 0 Å². The molecule has 3 rings (SSSR count). The molecule has 1 heterocycles. The summed E-state index contributed by atoms with van der Waals surface area (Å²) in [6.07, 6.45) is 4.63. The van der Waals surface area contributed by atoms with Gasteiger partial charge in [0.25, 0.3) is 0 Å². The number of hydrogen-bond donors (Lipinski definition) is 3. The van der Waals surface area contributed by atoms with Crippen molar-refractivity contribution in [3.8, 4) is 11.3 Å². The van der Waals surface area contributed by atoms with Gasteiger partial charge in [-0.15, -0.1) is 0 Å². The fourth-order valence-corrected chi connectivity index (χ4v) is 3.50. The first-order valence-electron chi connectivity index (χ1n) is 8.87. The molecular weight excluding hydrogens is 316 g/mol. The number of carbonyl (C=O) groups excluding carboxylic acids is 1. The summed E-state index contributed by atoms with van der Waals surface area (Å²) in [6, 6.07) is 14.0. The Bertz CT molecular complexity index is 730. The van der Waals surface area contributed by atoms with E-state index in [2.05, 4.69) is 10.3 Å². The van der Waals surface area contributed by atoms with Gasteiger partial charge in [-0.3, -0.25) is 4.79 Å². The van der Waals surface area contributed by atoms with Crippen LogP contribution in [0.25, 0.3) is 11.3 Å². The summed E-state index contributed by atoms with van der Waals surface area (Å²) in [5.74, 6) is -1.10. The highest BCUT2D eigenvalue weighted by molar-refractivity contribution is 5.87. The van der Waals surface area contributed by atoms with E-state index in [9.17, 15) is 14.7 Å². The van der Waals surface area contributed by atoms with E-state index in [1.165, 1.54) is 0 Å². The fraction of sp³-hybridized carbons (Fsp3) is 0.400. The Hall–Kier alpha value is -2.56. The molecule has 5 nitrogen and oxygen atoms in total. The number of carboxylic acid groups (broad SMARTS) is 1. The van der Waals surface area contributed by atoms with Gasteiger partial charge in [-0.25, -0.2) is 4.79 Å². The standard InChI is InChI=1S/C20H24N2O3/c23-18(22-20(19(24)25)13-5-2-6-14-20)12-10-16-9-11-17(21-16)15-7-3-1-4-8-15/h1,3-4,7-9,11,21H,2,5-6,10,12-14H2,(H,22,23)(H,24,25). The lowest BCUT2D eigenvalue weighted by Crippen LogP contribution is -2.55. The van der Waals surface area contributed by atoms with Crippen molar-refractivity contribution in [1.29, 1.82) is 0 Å². The minimum atomic E-state index is -1.07. The predicted molar refractivity (Wildman–Crippen MR) is 96.1 cm³/mol. The molecule has 1 fully saturated rings. The van der Waals surface area contributed by atoms with Gasteiger partial charge in [-0.2, -0.15) is 0 Å². The number of nitrogens with one attached hydrogen (secondary N) is 2. The number of amides is 1. The molecule has 1 saturated carbocycles. The lowest BCUT2D eigenvalue weighted by Gasteiger charge is -2.34. The summed E-state index contributed by atoms with van der Waals surface area (Å²) < 4.78 is 0. The number of H-pyrrole nitrogens is 1. The number of aryl methyl sites for hydroxylation is 1. The first-order chi connectivity index (χ1) is 12.1. The molecule has 1 aliphatic carbocycles. The van der Waals surface area contributed by atoms with Gasteiger partial charge >= 0.3 is 5.97 Å². The van der Waals surface area contributed by atoms with Crippen LogP contribution in [-0.2, 0) is 16.0 Å². The molecule has 0 radical (unpaired) electrons. The summed E-state index contributed by atoms with van der Waals surface area (Å²) in [7, 11) is 0. The average Bonchev–Trinajstić information content (AvgIpc) is 3.10. The fourth-order valence-electron chi connectivity index (χ4n) is 3.50. The van der Waals surface area contributed by atoms with Crippen LogP contribution >= 0.6 is 0 Å². The van der Waals surface area contributed by atoms with Crippen molar-refractivity contribution in [2.24, 2.45) is 0 Å². The zero-order valence-corrected chi connectivity index (χ0v) is 14.3. The molecule has 25 heavy (non-hydrogen) atoms. The number of carboxylic acids is 1. The van der Waals surface area contributed by atoms with Gasteiger partial charge in [-0.1, -0.05) is 49.6 Å². The minimum absolute atomic E-state index is 0.194. The molecule has 3 N–H and O–H groups in total. The zero-order valence-electron chi connectivity index (χ0n) is 14.3. The summed E-state index contributed by atoms with van der Waals surface area (Å²) >= 11 is 0. The van der Waals surface area contributed by atoms with Crippen molar-refractivity contribution >= 4 is 11.9 Å². The van der Waals surface area contributed by atoms with Crippen molar-refractivity contribution in [2.45, 2.75) is 50.5 Å². The van der Waals surface area contributed by atoms with E-state index in [4.69, 9.17) is 0 Å². The van der Waals surface area contributed by atoms with Gasteiger partial charge in [0.05, 0.1) is 0 Å². The topological polar surface area (TPSA) is 82.2 Å². The molecule has 1 aliphatic rings. The Morgan fingerprint density at radius 2 is 1.76 bits per heavy atom. The minimum Gasteiger partial charge on any atom is -0.480 e. The van der Waals surface area contributed by atoms with Crippen molar-refractivity contribution < 1.29 is 14.7 Å². The first-order valence-corrected chi connectivity index (χ1v) is 8.87. The largest absolute Gasteiger partial charge is 0.480 e. The number of hydrogen-bond acceptors (Lipinski definition) is 2. The van der Waals surface area contributed by atoms with Crippen LogP contribution in [0.2, 0.25) is 0 Å². The third-order valence-corrected chi connectivity index (χ3v) is 4.95. The van der Waals surface area contributed by atoms with Gasteiger partial charge in [0, 0.05) is 17.8 Å². The number of aliphatic carboxylic acids is 1. The van der Waals surface area contributed by atoms with Gasteiger partial charge in [-0.05, 0) is 37.0 Å². The summed E-state index contributed by atoms with van der Waals surface area (Å²) in [6.45, 7) is 0. The maximum Gasteiger partial charge on any atom is 0.329 e. The summed E-state index contributed by atoms with van der Waals surface area (Å²) in [4.78, 5) is 27.2. The third-order valence-electron chi connectivity index (χ3n) is 4.95. The molecule has 0 aliphatic heterocycles. The third kappa shape index (κ3) is 4.10. The number of aromatic amines is 1. The number of carbonyl (C=O) groups is 2.